The highest BCUT2D eigenvalue weighted by Gasteiger charge is 2.43. The molecule has 0 saturated heterocycles. The summed E-state index contributed by atoms with van der Waals surface area (Å²) in [6, 6.07) is 7.82. The summed E-state index contributed by atoms with van der Waals surface area (Å²) in [5.41, 5.74) is -1.66. The molecule has 2 N–H and O–H groups in total. The number of rotatable bonds is 7. The molecule has 12 heteroatoms. The van der Waals surface area contributed by atoms with Crippen LogP contribution in [0.1, 0.15) is 68.2 Å². The van der Waals surface area contributed by atoms with Crippen LogP contribution >= 0.6 is 0 Å². The molecule has 0 aliphatic carbocycles. The molecule has 0 aliphatic rings. The minimum atomic E-state index is -4.81. The van der Waals surface area contributed by atoms with Crippen molar-refractivity contribution in [3.63, 3.8) is 0 Å². The van der Waals surface area contributed by atoms with Gasteiger partial charge in [-0.05, 0) is 76.6 Å². The van der Waals surface area contributed by atoms with Gasteiger partial charge in [0.1, 0.15) is 17.3 Å². The lowest BCUT2D eigenvalue weighted by Crippen LogP contribution is -2.44. The summed E-state index contributed by atoms with van der Waals surface area (Å²) < 4.78 is 66.9. The first-order valence-electron chi connectivity index (χ1n) is 12.0. The average Bonchev–Trinajstić information content (AvgIpc) is 3.23. The fourth-order valence-corrected chi connectivity index (χ4v) is 3.63. The Labute approximate surface area is 223 Å². The number of oxazole rings is 1. The number of pyridine rings is 1. The molecule has 2 amide bonds. The van der Waals surface area contributed by atoms with Crippen LogP contribution in [0.3, 0.4) is 0 Å². The molecule has 3 rings (SSSR count). The lowest BCUT2D eigenvalue weighted by molar-refractivity contribution is -0.149. The Balaban J connectivity index is 2.04. The second kappa shape index (κ2) is 11.0. The van der Waals surface area contributed by atoms with E-state index in [-0.39, 0.29) is 22.9 Å². The second-order valence-electron chi connectivity index (χ2n) is 10.5. The molecule has 2 aromatic heterocycles. The van der Waals surface area contributed by atoms with Gasteiger partial charge < -0.3 is 19.8 Å². The Morgan fingerprint density at radius 1 is 1.05 bits per heavy atom. The third-order valence-corrected chi connectivity index (χ3v) is 5.58. The van der Waals surface area contributed by atoms with Crippen LogP contribution in [0.25, 0.3) is 11.3 Å². The fraction of sp³-hybridized carbons (Fsp3) is 0.407. The van der Waals surface area contributed by atoms with Crippen molar-refractivity contribution in [1.29, 1.82) is 0 Å². The maximum Gasteiger partial charge on any atom is 0.408 e. The van der Waals surface area contributed by atoms with Crippen molar-refractivity contribution in [3.05, 3.63) is 71.3 Å². The lowest BCUT2D eigenvalue weighted by atomic mass is 9.90. The highest BCUT2D eigenvalue weighted by molar-refractivity contribution is 5.91. The van der Waals surface area contributed by atoms with E-state index in [4.69, 9.17) is 9.15 Å². The number of benzene rings is 1. The number of carbonyl (C=O) groups excluding carboxylic acids is 2. The molecule has 0 radical (unpaired) electrons. The van der Waals surface area contributed by atoms with Gasteiger partial charge in [-0.3, -0.25) is 9.78 Å². The van der Waals surface area contributed by atoms with Crippen LogP contribution < -0.4 is 10.6 Å². The highest BCUT2D eigenvalue weighted by Crippen LogP contribution is 2.37. The first-order valence-corrected chi connectivity index (χ1v) is 12.0. The van der Waals surface area contributed by atoms with E-state index in [2.05, 4.69) is 20.6 Å². The number of aryl methyl sites for hydroxylation is 1. The standard InChI is InChI=1S/C27H30F4N4O4/c1-15-32-14-22(38-15)23(36)33-13-19(27(29,30)31)21-12-17(26(5,6)35-24(37)39-25(2,3)4)11-20(34-21)16-7-9-18(28)10-8-16/h7-12,14,19H,13H2,1-6H3,(H,33,36)(H,35,37). The van der Waals surface area contributed by atoms with Crippen LogP contribution in [0.5, 0.6) is 0 Å². The number of amides is 2. The van der Waals surface area contributed by atoms with Gasteiger partial charge in [0, 0.05) is 19.0 Å². The van der Waals surface area contributed by atoms with Gasteiger partial charge in [-0.1, -0.05) is 0 Å². The van der Waals surface area contributed by atoms with Gasteiger partial charge in [0.15, 0.2) is 5.89 Å². The molecule has 0 fully saturated rings. The van der Waals surface area contributed by atoms with Crippen molar-refractivity contribution in [1.82, 2.24) is 20.6 Å². The zero-order valence-corrected chi connectivity index (χ0v) is 22.4. The molecule has 0 saturated carbocycles. The van der Waals surface area contributed by atoms with E-state index in [1.807, 2.05) is 0 Å². The molecule has 8 nitrogen and oxygen atoms in total. The Morgan fingerprint density at radius 3 is 2.23 bits per heavy atom. The van der Waals surface area contributed by atoms with Crippen molar-refractivity contribution >= 4 is 12.0 Å². The number of alkyl carbamates (subject to hydrolysis) is 1. The minimum absolute atomic E-state index is 0.119. The zero-order valence-electron chi connectivity index (χ0n) is 22.4. The number of nitrogens with one attached hydrogen (secondary N) is 2. The summed E-state index contributed by atoms with van der Waals surface area (Å²) in [5, 5.41) is 4.90. The van der Waals surface area contributed by atoms with E-state index in [0.717, 1.165) is 18.3 Å². The summed E-state index contributed by atoms with van der Waals surface area (Å²) in [6.07, 6.45) is -4.46. The molecular weight excluding hydrogens is 520 g/mol. The number of ether oxygens (including phenoxy) is 1. The van der Waals surface area contributed by atoms with Crippen LogP contribution in [-0.4, -0.2) is 40.3 Å². The Morgan fingerprint density at radius 2 is 1.69 bits per heavy atom. The number of nitrogens with zero attached hydrogens (tertiary/aromatic N) is 2. The van der Waals surface area contributed by atoms with Crippen LogP contribution in [0.2, 0.25) is 0 Å². The summed E-state index contributed by atoms with van der Waals surface area (Å²) in [6.45, 7) is 8.88. The molecule has 0 aliphatic heterocycles. The SMILES string of the molecule is Cc1ncc(C(=O)NCC(c2cc(C(C)(C)NC(=O)OC(C)(C)C)cc(-c3ccc(F)cc3)n2)C(F)(F)F)o1. The predicted octanol–water partition coefficient (Wildman–Crippen LogP) is 6.02. The lowest BCUT2D eigenvalue weighted by Gasteiger charge is -2.30. The Kier molecular flexibility index (Phi) is 8.37. The quantitative estimate of drug-likeness (QED) is 0.349. The van der Waals surface area contributed by atoms with Gasteiger partial charge in [0.25, 0.3) is 5.91 Å². The molecule has 0 spiro atoms. The molecule has 2 heterocycles. The number of aromatic nitrogens is 2. The van der Waals surface area contributed by atoms with E-state index in [0.29, 0.717) is 5.56 Å². The second-order valence-corrected chi connectivity index (χ2v) is 10.5. The number of hydrogen-bond acceptors (Lipinski definition) is 6. The van der Waals surface area contributed by atoms with Crippen LogP contribution in [0.4, 0.5) is 22.4 Å². The number of hydrogen-bond donors (Lipinski definition) is 2. The van der Waals surface area contributed by atoms with E-state index in [1.165, 1.54) is 31.2 Å². The number of halogens is 4. The molecule has 1 unspecified atom stereocenters. The number of carbonyl (C=O) groups is 2. The maximum atomic E-state index is 14.3. The van der Waals surface area contributed by atoms with E-state index in [1.54, 1.807) is 34.6 Å². The average molecular weight is 551 g/mol. The zero-order chi connectivity index (χ0) is 29.2. The first kappa shape index (κ1) is 29.6. The summed E-state index contributed by atoms with van der Waals surface area (Å²) >= 11 is 0. The highest BCUT2D eigenvalue weighted by atomic mass is 19.4. The summed E-state index contributed by atoms with van der Waals surface area (Å²) in [7, 11) is 0. The van der Waals surface area contributed by atoms with Gasteiger partial charge in [-0.2, -0.15) is 13.2 Å². The maximum absolute atomic E-state index is 14.3. The van der Waals surface area contributed by atoms with Gasteiger partial charge in [-0.15, -0.1) is 0 Å². The van der Waals surface area contributed by atoms with E-state index < -0.39 is 53.3 Å². The normalized spacial score (nSPS) is 13.1. The topological polar surface area (TPSA) is 106 Å². The van der Waals surface area contributed by atoms with Gasteiger partial charge in [0.2, 0.25) is 5.76 Å². The molecule has 1 atom stereocenters. The van der Waals surface area contributed by atoms with Gasteiger partial charge in [-0.25, -0.2) is 14.2 Å². The van der Waals surface area contributed by atoms with Crippen molar-refractivity contribution in [3.8, 4) is 11.3 Å². The van der Waals surface area contributed by atoms with Crippen molar-refractivity contribution < 1.29 is 36.3 Å². The molecule has 3 aromatic rings. The molecular formula is C27H30F4N4O4. The Bertz CT molecular complexity index is 1330. The monoisotopic (exact) mass is 550 g/mol. The molecule has 1 aromatic carbocycles. The minimum Gasteiger partial charge on any atom is -0.444 e. The number of alkyl halides is 3. The van der Waals surface area contributed by atoms with Crippen LogP contribution in [0.15, 0.2) is 47.0 Å². The van der Waals surface area contributed by atoms with Crippen molar-refractivity contribution in [2.24, 2.45) is 0 Å². The summed E-state index contributed by atoms with van der Waals surface area (Å²) in [5.74, 6) is -3.66. The van der Waals surface area contributed by atoms with Gasteiger partial charge in [0.05, 0.1) is 23.1 Å². The molecule has 0 bridgehead atoms. The van der Waals surface area contributed by atoms with Crippen LogP contribution in [0, 0.1) is 12.7 Å². The third-order valence-electron chi connectivity index (χ3n) is 5.58. The third kappa shape index (κ3) is 8.01. The molecule has 39 heavy (non-hydrogen) atoms. The molecule has 210 valence electrons. The van der Waals surface area contributed by atoms with Crippen LogP contribution in [-0.2, 0) is 10.3 Å². The Hall–Kier alpha value is -3.96. The first-order chi connectivity index (χ1) is 17.9. The van der Waals surface area contributed by atoms with E-state index in [9.17, 15) is 27.2 Å². The largest absolute Gasteiger partial charge is 0.444 e. The van der Waals surface area contributed by atoms with Gasteiger partial charge >= 0.3 is 12.3 Å². The smallest absolute Gasteiger partial charge is 0.408 e. The van der Waals surface area contributed by atoms with Crippen molar-refractivity contribution in [2.75, 3.05) is 6.54 Å². The van der Waals surface area contributed by atoms with Crippen molar-refractivity contribution in [2.45, 2.75) is 64.8 Å². The predicted molar refractivity (Wildman–Crippen MR) is 134 cm³/mol. The fourth-order valence-electron chi connectivity index (χ4n) is 3.63. The summed E-state index contributed by atoms with van der Waals surface area (Å²) in [4.78, 5) is 32.9. The van der Waals surface area contributed by atoms with E-state index >= 15 is 0 Å².